The first-order valence-corrected chi connectivity index (χ1v) is 6.57. The van der Waals surface area contributed by atoms with E-state index < -0.39 is 5.82 Å². The van der Waals surface area contributed by atoms with Crippen LogP contribution in [0.1, 0.15) is 11.1 Å². The summed E-state index contributed by atoms with van der Waals surface area (Å²) in [7, 11) is 0. The van der Waals surface area contributed by atoms with Crippen molar-refractivity contribution in [3.63, 3.8) is 0 Å². The number of halogens is 3. The zero-order valence-electron chi connectivity index (χ0n) is 9.58. The number of alkyl halides is 1. The van der Waals surface area contributed by atoms with Gasteiger partial charge in [0.15, 0.2) is 0 Å². The van der Waals surface area contributed by atoms with Gasteiger partial charge in [0.2, 0.25) is 5.88 Å². The summed E-state index contributed by atoms with van der Waals surface area (Å²) in [4.78, 5) is 3.90. The maximum Gasteiger partial charge on any atom is 0.223 e. The third kappa shape index (κ3) is 3.00. The molecular weight excluding hydrogens is 321 g/mol. The highest BCUT2D eigenvalue weighted by molar-refractivity contribution is 9.10. The monoisotopic (exact) mass is 329 g/mol. The second kappa shape index (κ2) is 5.67. The highest BCUT2D eigenvalue weighted by atomic mass is 79.9. The molecule has 0 radical (unpaired) electrons. The SMILES string of the molecule is Cc1cc(Oc2ncc(F)cc2CCl)ccc1Br. The van der Waals surface area contributed by atoms with Crippen molar-refractivity contribution in [2.75, 3.05) is 0 Å². The molecule has 1 heterocycles. The van der Waals surface area contributed by atoms with Crippen LogP contribution in [0, 0.1) is 12.7 Å². The molecule has 0 amide bonds. The lowest BCUT2D eigenvalue weighted by atomic mass is 10.2. The molecule has 0 fully saturated rings. The van der Waals surface area contributed by atoms with Crippen molar-refractivity contribution >= 4 is 27.5 Å². The summed E-state index contributed by atoms with van der Waals surface area (Å²) in [6.07, 6.45) is 1.11. The summed E-state index contributed by atoms with van der Waals surface area (Å²) in [6.45, 7) is 1.96. The fraction of sp³-hybridized carbons (Fsp3) is 0.154. The summed E-state index contributed by atoms with van der Waals surface area (Å²) in [5.41, 5.74) is 1.57. The van der Waals surface area contributed by atoms with Crippen molar-refractivity contribution in [2.45, 2.75) is 12.8 Å². The van der Waals surface area contributed by atoms with Gasteiger partial charge in [0.25, 0.3) is 0 Å². The van der Waals surface area contributed by atoms with Gasteiger partial charge in [-0.2, -0.15) is 0 Å². The maximum absolute atomic E-state index is 13.0. The maximum atomic E-state index is 13.0. The van der Waals surface area contributed by atoms with Gasteiger partial charge in [-0.25, -0.2) is 9.37 Å². The molecule has 2 rings (SSSR count). The molecule has 0 saturated heterocycles. The van der Waals surface area contributed by atoms with Crippen LogP contribution in [0.25, 0.3) is 0 Å². The Morgan fingerprint density at radius 2 is 2.17 bits per heavy atom. The van der Waals surface area contributed by atoms with Crippen LogP contribution in [0.4, 0.5) is 4.39 Å². The molecule has 0 unspecified atom stereocenters. The fourth-order valence-electron chi connectivity index (χ4n) is 1.45. The van der Waals surface area contributed by atoms with Gasteiger partial charge >= 0.3 is 0 Å². The van der Waals surface area contributed by atoms with Crippen molar-refractivity contribution in [1.29, 1.82) is 0 Å². The molecule has 0 aliphatic carbocycles. The standard InChI is InChI=1S/C13H10BrClFNO/c1-8-4-11(2-3-12(8)14)18-13-9(6-15)5-10(16)7-17-13/h2-5,7H,6H2,1H3. The number of nitrogens with zero attached hydrogens (tertiary/aromatic N) is 1. The number of aryl methyl sites for hydroxylation is 1. The van der Waals surface area contributed by atoms with E-state index >= 15 is 0 Å². The fourth-order valence-corrected chi connectivity index (χ4v) is 1.89. The summed E-state index contributed by atoms with van der Waals surface area (Å²) in [5, 5.41) is 0. The number of rotatable bonds is 3. The zero-order valence-corrected chi connectivity index (χ0v) is 11.9. The normalized spacial score (nSPS) is 10.4. The predicted molar refractivity (Wildman–Crippen MR) is 72.7 cm³/mol. The van der Waals surface area contributed by atoms with E-state index in [1.165, 1.54) is 6.07 Å². The molecule has 0 aliphatic rings. The van der Waals surface area contributed by atoms with Crippen LogP contribution in [-0.4, -0.2) is 4.98 Å². The number of benzene rings is 1. The van der Waals surface area contributed by atoms with E-state index in [2.05, 4.69) is 20.9 Å². The molecule has 94 valence electrons. The first kappa shape index (κ1) is 13.3. The summed E-state index contributed by atoms with van der Waals surface area (Å²) in [5.74, 6) is 0.689. The van der Waals surface area contributed by atoms with Crippen LogP contribution < -0.4 is 4.74 Å². The Hall–Kier alpha value is -1.13. The van der Waals surface area contributed by atoms with Gasteiger partial charge in [-0.1, -0.05) is 15.9 Å². The second-order valence-corrected chi connectivity index (χ2v) is 4.89. The number of hydrogen-bond donors (Lipinski definition) is 0. The Morgan fingerprint density at radius 3 is 2.83 bits per heavy atom. The molecule has 18 heavy (non-hydrogen) atoms. The van der Waals surface area contributed by atoms with Gasteiger partial charge < -0.3 is 4.74 Å². The van der Waals surface area contributed by atoms with Gasteiger partial charge in [0.05, 0.1) is 12.1 Å². The molecule has 2 aromatic rings. The minimum atomic E-state index is -0.426. The molecule has 1 aromatic heterocycles. The number of aromatic nitrogens is 1. The van der Waals surface area contributed by atoms with Crippen LogP contribution in [0.5, 0.6) is 11.6 Å². The zero-order chi connectivity index (χ0) is 13.1. The first-order chi connectivity index (χ1) is 8.60. The second-order valence-electron chi connectivity index (χ2n) is 3.76. The number of pyridine rings is 1. The van der Waals surface area contributed by atoms with Gasteiger partial charge in [0, 0.05) is 10.0 Å². The number of ether oxygens (including phenoxy) is 1. The lowest BCUT2D eigenvalue weighted by Gasteiger charge is -2.09. The van der Waals surface area contributed by atoms with Crippen molar-refractivity contribution in [3.8, 4) is 11.6 Å². The topological polar surface area (TPSA) is 22.1 Å². The van der Waals surface area contributed by atoms with Crippen LogP contribution >= 0.6 is 27.5 Å². The molecule has 0 bridgehead atoms. The van der Waals surface area contributed by atoms with Gasteiger partial charge in [0.1, 0.15) is 11.6 Å². The third-order valence-corrected chi connectivity index (χ3v) is 3.56. The van der Waals surface area contributed by atoms with Crippen LogP contribution in [0.2, 0.25) is 0 Å². The Kier molecular flexibility index (Phi) is 4.19. The van der Waals surface area contributed by atoms with Gasteiger partial charge in [-0.05, 0) is 36.8 Å². The highest BCUT2D eigenvalue weighted by Crippen LogP contribution is 2.27. The molecule has 0 atom stereocenters. The Morgan fingerprint density at radius 1 is 1.39 bits per heavy atom. The van der Waals surface area contributed by atoms with E-state index in [9.17, 15) is 4.39 Å². The summed E-state index contributed by atoms with van der Waals surface area (Å²) in [6, 6.07) is 6.88. The minimum Gasteiger partial charge on any atom is -0.439 e. The smallest absolute Gasteiger partial charge is 0.223 e. The highest BCUT2D eigenvalue weighted by Gasteiger charge is 2.08. The van der Waals surface area contributed by atoms with Crippen molar-refractivity contribution in [2.24, 2.45) is 0 Å². The third-order valence-electron chi connectivity index (χ3n) is 2.38. The average molecular weight is 331 g/mol. The quantitative estimate of drug-likeness (QED) is 0.753. The molecule has 0 spiro atoms. The lowest BCUT2D eigenvalue weighted by Crippen LogP contribution is -1.94. The number of hydrogen-bond acceptors (Lipinski definition) is 2. The van der Waals surface area contributed by atoms with Crippen molar-refractivity contribution in [1.82, 2.24) is 4.98 Å². The molecule has 2 nitrogen and oxygen atoms in total. The van der Waals surface area contributed by atoms with Gasteiger partial charge in [-0.3, -0.25) is 0 Å². The first-order valence-electron chi connectivity index (χ1n) is 5.24. The minimum absolute atomic E-state index is 0.148. The predicted octanol–water partition coefficient (Wildman–Crippen LogP) is 4.82. The molecular formula is C13H10BrClFNO. The van der Waals surface area contributed by atoms with Crippen LogP contribution in [0.15, 0.2) is 34.9 Å². The van der Waals surface area contributed by atoms with Crippen molar-refractivity contribution < 1.29 is 9.13 Å². The van der Waals surface area contributed by atoms with E-state index in [4.69, 9.17) is 16.3 Å². The summed E-state index contributed by atoms with van der Waals surface area (Å²) >= 11 is 9.14. The Bertz CT molecular complexity index is 577. The Balaban J connectivity index is 2.30. The summed E-state index contributed by atoms with van der Waals surface area (Å²) < 4.78 is 19.6. The Labute approximate surface area is 118 Å². The van der Waals surface area contributed by atoms with E-state index in [0.29, 0.717) is 17.2 Å². The molecule has 5 heteroatoms. The van der Waals surface area contributed by atoms with Gasteiger partial charge in [-0.15, -0.1) is 11.6 Å². The molecule has 1 aromatic carbocycles. The van der Waals surface area contributed by atoms with Crippen LogP contribution in [0.3, 0.4) is 0 Å². The largest absolute Gasteiger partial charge is 0.439 e. The molecule has 0 N–H and O–H groups in total. The van der Waals surface area contributed by atoms with E-state index in [1.54, 1.807) is 6.07 Å². The van der Waals surface area contributed by atoms with Crippen molar-refractivity contribution in [3.05, 3.63) is 51.9 Å². The van der Waals surface area contributed by atoms with E-state index in [1.807, 2.05) is 19.1 Å². The molecule has 0 aliphatic heterocycles. The van der Waals surface area contributed by atoms with Crippen LogP contribution in [-0.2, 0) is 5.88 Å². The van der Waals surface area contributed by atoms with E-state index in [-0.39, 0.29) is 5.88 Å². The lowest BCUT2D eigenvalue weighted by molar-refractivity contribution is 0.454. The average Bonchev–Trinajstić information content (AvgIpc) is 2.36. The molecule has 0 saturated carbocycles. The van der Waals surface area contributed by atoms with E-state index in [0.717, 1.165) is 16.2 Å².